The van der Waals surface area contributed by atoms with E-state index in [0.29, 0.717) is 5.88 Å². The summed E-state index contributed by atoms with van der Waals surface area (Å²) in [7, 11) is 0. The number of halogens is 3. The Balaban J connectivity index is 1.57. The number of nitrogens with zero attached hydrogens (tertiary/aromatic N) is 2. The summed E-state index contributed by atoms with van der Waals surface area (Å²) < 4.78 is 43.5. The van der Waals surface area contributed by atoms with Crippen LogP contribution in [0.5, 0.6) is 5.88 Å². The fourth-order valence-corrected chi connectivity index (χ4v) is 3.40. The zero-order valence-corrected chi connectivity index (χ0v) is 15.1. The molecule has 1 aliphatic rings. The fourth-order valence-electron chi connectivity index (χ4n) is 2.79. The summed E-state index contributed by atoms with van der Waals surface area (Å²) in [5, 5.41) is 2.22. The van der Waals surface area contributed by atoms with Crippen LogP contribution in [-0.2, 0) is 6.54 Å². The van der Waals surface area contributed by atoms with E-state index in [0.717, 1.165) is 31.2 Å². The van der Waals surface area contributed by atoms with Gasteiger partial charge in [-0.15, -0.1) is 0 Å². The first-order valence-corrected chi connectivity index (χ1v) is 9.33. The van der Waals surface area contributed by atoms with Crippen molar-refractivity contribution < 1.29 is 22.7 Å². The first-order chi connectivity index (χ1) is 12.9. The van der Waals surface area contributed by atoms with Crippen LogP contribution in [0.4, 0.5) is 13.2 Å². The molecule has 1 fully saturated rings. The van der Waals surface area contributed by atoms with Gasteiger partial charge in [-0.25, -0.2) is 9.97 Å². The van der Waals surface area contributed by atoms with E-state index in [1.165, 1.54) is 18.3 Å². The Kier molecular flexibility index (Phi) is 6.20. The zero-order chi connectivity index (χ0) is 19.3. The summed E-state index contributed by atoms with van der Waals surface area (Å²) in [6, 6.07) is 6.24. The van der Waals surface area contributed by atoms with Gasteiger partial charge in [0, 0.05) is 36.8 Å². The second-order valence-corrected chi connectivity index (χ2v) is 7.17. The van der Waals surface area contributed by atoms with Crippen LogP contribution in [0, 0.1) is 0 Å². The molecule has 3 rings (SSSR count). The van der Waals surface area contributed by atoms with Crippen molar-refractivity contribution in [2.45, 2.75) is 48.9 Å². The van der Waals surface area contributed by atoms with Gasteiger partial charge in [0.05, 0.1) is 5.56 Å². The van der Waals surface area contributed by atoms with E-state index < -0.39 is 23.2 Å². The average Bonchev–Trinajstić information content (AvgIpc) is 3.13. The van der Waals surface area contributed by atoms with Gasteiger partial charge in [0.25, 0.3) is 5.91 Å². The monoisotopic (exact) mass is 397 g/mol. The molecule has 5 nitrogen and oxygen atoms in total. The maximum Gasteiger partial charge on any atom is 0.447 e. The number of alkyl halides is 3. The molecule has 0 unspecified atom stereocenters. The molecule has 0 bridgehead atoms. The second kappa shape index (κ2) is 8.60. The number of rotatable bonds is 6. The lowest BCUT2D eigenvalue weighted by Gasteiger charge is -2.12. The van der Waals surface area contributed by atoms with Gasteiger partial charge in [0.15, 0.2) is 0 Å². The van der Waals surface area contributed by atoms with Crippen molar-refractivity contribution in [2.75, 3.05) is 0 Å². The highest BCUT2D eigenvalue weighted by Gasteiger charge is 2.32. The molecule has 2 aromatic rings. The van der Waals surface area contributed by atoms with E-state index in [9.17, 15) is 18.0 Å². The highest BCUT2D eigenvalue weighted by Crippen LogP contribution is 2.37. The van der Waals surface area contributed by atoms with Gasteiger partial charge in [-0.2, -0.15) is 13.2 Å². The molecule has 0 spiro atoms. The summed E-state index contributed by atoms with van der Waals surface area (Å²) in [5.41, 5.74) is -3.91. The van der Waals surface area contributed by atoms with E-state index in [1.54, 1.807) is 18.3 Å². The molecule has 1 amide bonds. The second-order valence-electron chi connectivity index (χ2n) is 6.12. The minimum absolute atomic E-state index is 0.117. The molecule has 0 saturated heterocycles. The third-order valence-corrected chi connectivity index (χ3v) is 4.82. The van der Waals surface area contributed by atoms with Gasteiger partial charge < -0.3 is 10.1 Å². The van der Waals surface area contributed by atoms with Crippen molar-refractivity contribution in [1.29, 1.82) is 0 Å². The van der Waals surface area contributed by atoms with Crippen molar-refractivity contribution in [3.63, 3.8) is 0 Å². The number of thioether (sulfide) groups is 1. The molecular formula is C18H18F3N3O2S. The lowest BCUT2D eigenvalue weighted by Crippen LogP contribution is -2.24. The lowest BCUT2D eigenvalue weighted by atomic mass is 10.2. The molecule has 2 heterocycles. The molecule has 1 saturated carbocycles. The van der Waals surface area contributed by atoms with Gasteiger partial charge in [-0.1, -0.05) is 6.07 Å². The van der Waals surface area contributed by atoms with Crippen LogP contribution < -0.4 is 10.1 Å². The molecule has 1 aliphatic carbocycles. The van der Waals surface area contributed by atoms with Crippen LogP contribution >= 0.6 is 11.8 Å². The SMILES string of the molecule is O=C(NCc1ccc(OC2CCCC2)nc1)c1cccnc1SC(F)(F)F. The van der Waals surface area contributed by atoms with Crippen molar-refractivity contribution in [3.8, 4) is 5.88 Å². The fraction of sp³-hybridized carbons (Fsp3) is 0.389. The average molecular weight is 397 g/mol. The van der Waals surface area contributed by atoms with Gasteiger partial charge in [0.1, 0.15) is 11.1 Å². The van der Waals surface area contributed by atoms with E-state index in [2.05, 4.69) is 15.3 Å². The van der Waals surface area contributed by atoms with Gasteiger partial charge >= 0.3 is 5.51 Å². The number of nitrogens with one attached hydrogen (secondary N) is 1. The highest BCUT2D eigenvalue weighted by atomic mass is 32.2. The number of ether oxygens (including phenoxy) is 1. The number of pyridine rings is 2. The van der Waals surface area contributed by atoms with Crippen LogP contribution in [0.25, 0.3) is 0 Å². The molecule has 1 N–H and O–H groups in total. The molecule has 0 aliphatic heterocycles. The van der Waals surface area contributed by atoms with Crippen LogP contribution in [0.1, 0.15) is 41.6 Å². The third kappa shape index (κ3) is 5.85. The number of carbonyl (C=O) groups excluding carboxylic acids is 1. The Morgan fingerprint density at radius 2 is 2.00 bits per heavy atom. The predicted octanol–water partition coefficient (Wildman–Crippen LogP) is 4.34. The van der Waals surface area contributed by atoms with Crippen LogP contribution in [-0.4, -0.2) is 27.5 Å². The predicted molar refractivity (Wildman–Crippen MR) is 94.4 cm³/mol. The summed E-state index contributed by atoms with van der Waals surface area (Å²) in [6.07, 6.45) is 7.40. The largest absolute Gasteiger partial charge is 0.474 e. The summed E-state index contributed by atoms with van der Waals surface area (Å²) in [4.78, 5) is 20.1. The Bertz CT molecular complexity index is 778. The zero-order valence-electron chi connectivity index (χ0n) is 14.3. The maximum absolute atomic E-state index is 12.6. The van der Waals surface area contributed by atoms with Crippen molar-refractivity contribution in [3.05, 3.63) is 47.8 Å². The standard InChI is InChI=1S/C18H18F3N3O2S/c19-18(20,21)27-17-14(6-3-9-22-17)16(25)24-11-12-7-8-15(23-10-12)26-13-4-1-2-5-13/h3,6-10,13H,1-2,4-5,11H2,(H,24,25). The molecule has 27 heavy (non-hydrogen) atoms. The van der Waals surface area contributed by atoms with E-state index in [1.807, 2.05) is 0 Å². The Hall–Kier alpha value is -2.29. The Morgan fingerprint density at radius 1 is 1.22 bits per heavy atom. The third-order valence-electron chi connectivity index (χ3n) is 4.07. The lowest BCUT2D eigenvalue weighted by molar-refractivity contribution is -0.0329. The normalized spacial score (nSPS) is 14.9. The number of aromatic nitrogens is 2. The topological polar surface area (TPSA) is 64.1 Å². The summed E-state index contributed by atoms with van der Waals surface area (Å²) >= 11 is -0.407. The van der Waals surface area contributed by atoms with E-state index in [4.69, 9.17) is 4.74 Å². The highest BCUT2D eigenvalue weighted by molar-refractivity contribution is 8.00. The molecular weight excluding hydrogens is 379 g/mol. The minimum atomic E-state index is -4.51. The van der Waals surface area contributed by atoms with Gasteiger partial charge in [0.2, 0.25) is 5.88 Å². The number of amides is 1. The van der Waals surface area contributed by atoms with Crippen LogP contribution in [0.15, 0.2) is 41.7 Å². The quantitative estimate of drug-likeness (QED) is 0.735. The van der Waals surface area contributed by atoms with Gasteiger partial charge in [-0.05, 0) is 43.4 Å². The van der Waals surface area contributed by atoms with E-state index in [-0.39, 0.29) is 23.2 Å². The van der Waals surface area contributed by atoms with Crippen molar-refractivity contribution >= 4 is 17.7 Å². The molecule has 2 aromatic heterocycles. The van der Waals surface area contributed by atoms with Crippen molar-refractivity contribution in [2.24, 2.45) is 0 Å². The smallest absolute Gasteiger partial charge is 0.447 e. The summed E-state index contributed by atoms with van der Waals surface area (Å²) in [6.45, 7) is 0.139. The number of hydrogen-bond acceptors (Lipinski definition) is 5. The number of carbonyl (C=O) groups is 1. The number of hydrogen-bond donors (Lipinski definition) is 1. The van der Waals surface area contributed by atoms with Crippen molar-refractivity contribution in [1.82, 2.24) is 15.3 Å². The van der Waals surface area contributed by atoms with Gasteiger partial charge in [-0.3, -0.25) is 4.79 Å². The molecule has 0 aromatic carbocycles. The van der Waals surface area contributed by atoms with Crippen LogP contribution in [0.3, 0.4) is 0 Å². The van der Waals surface area contributed by atoms with E-state index >= 15 is 0 Å². The Morgan fingerprint density at radius 3 is 2.67 bits per heavy atom. The first kappa shape index (κ1) is 19.5. The molecule has 9 heteroatoms. The molecule has 0 radical (unpaired) electrons. The Labute approximate surface area is 158 Å². The summed E-state index contributed by atoms with van der Waals surface area (Å²) in [5.74, 6) is -0.0887. The molecule has 0 atom stereocenters. The van der Waals surface area contributed by atoms with Crippen LogP contribution in [0.2, 0.25) is 0 Å². The first-order valence-electron chi connectivity index (χ1n) is 8.51. The molecule has 144 valence electrons. The minimum Gasteiger partial charge on any atom is -0.474 e. The maximum atomic E-state index is 12.6.